The Labute approximate surface area is 211 Å². The van der Waals surface area contributed by atoms with Crippen LogP contribution in [0.5, 0.6) is 5.75 Å². The maximum absolute atomic E-state index is 12.9. The zero-order chi connectivity index (χ0) is 24.8. The first-order valence-corrected chi connectivity index (χ1v) is 11.9. The van der Waals surface area contributed by atoms with E-state index in [1.165, 1.54) is 0 Å². The summed E-state index contributed by atoms with van der Waals surface area (Å²) in [5, 5.41) is 21.2. The first-order valence-electron chi connectivity index (χ1n) is 11.5. The van der Waals surface area contributed by atoms with E-state index in [0.29, 0.717) is 40.5 Å². The summed E-state index contributed by atoms with van der Waals surface area (Å²) in [6.45, 7) is 4.09. The van der Waals surface area contributed by atoms with Crippen LogP contribution in [0.1, 0.15) is 40.5 Å². The summed E-state index contributed by atoms with van der Waals surface area (Å²) < 4.78 is 9.54. The minimum atomic E-state index is -0.231. The number of para-hydroxylation sites is 1. The summed E-state index contributed by atoms with van der Waals surface area (Å²) in [6, 6.07) is 19.0. The lowest BCUT2D eigenvalue weighted by Gasteiger charge is -2.26. The normalized spacial score (nSPS) is 15.1. The SMILES string of the molecule is Cc1nn(-c2ccc3nnc(C)n3n2)c2c1[C@@H](c1ccccc1OCc1ccccc1Cl)CC(=O)N2. The van der Waals surface area contributed by atoms with Crippen molar-refractivity contribution in [1.29, 1.82) is 0 Å². The Morgan fingerprint density at radius 2 is 1.83 bits per heavy atom. The maximum atomic E-state index is 12.9. The van der Waals surface area contributed by atoms with Gasteiger partial charge in [-0.1, -0.05) is 48.0 Å². The third kappa shape index (κ3) is 3.77. The topological polar surface area (TPSA) is 99.2 Å². The first-order chi connectivity index (χ1) is 17.5. The van der Waals surface area contributed by atoms with E-state index in [1.807, 2.05) is 74.5 Å². The molecule has 1 amide bonds. The molecule has 9 nitrogen and oxygen atoms in total. The fraction of sp³-hybridized carbons (Fsp3) is 0.192. The number of amides is 1. The highest BCUT2D eigenvalue weighted by atomic mass is 35.5. The molecule has 180 valence electrons. The Balaban J connectivity index is 1.41. The van der Waals surface area contributed by atoms with Crippen molar-refractivity contribution in [3.63, 3.8) is 0 Å². The molecule has 2 aromatic carbocycles. The molecule has 5 aromatic rings. The van der Waals surface area contributed by atoms with Gasteiger partial charge in [0.2, 0.25) is 5.91 Å². The van der Waals surface area contributed by atoms with E-state index >= 15 is 0 Å². The number of carbonyl (C=O) groups excluding carboxylic acids is 1. The number of rotatable bonds is 5. The number of carbonyl (C=O) groups is 1. The van der Waals surface area contributed by atoms with Gasteiger partial charge >= 0.3 is 0 Å². The van der Waals surface area contributed by atoms with Gasteiger partial charge in [-0.25, -0.2) is 0 Å². The third-order valence-electron chi connectivity index (χ3n) is 6.36. The first kappa shape index (κ1) is 22.2. The number of hydrogen-bond acceptors (Lipinski definition) is 6. The van der Waals surface area contributed by atoms with Crippen LogP contribution in [0.25, 0.3) is 11.5 Å². The predicted molar refractivity (Wildman–Crippen MR) is 135 cm³/mol. The Bertz CT molecular complexity index is 1620. The van der Waals surface area contributed by atoms with Crippen molar-refractivity contribution in [3.05, 3.63) is 93.9 Å². The minimum absolute atomic E-state index is 0.101. The molecule has 0 saturated heterocycles. The number of nitrogens with zero attached hydrogens (tertiary/aromatic N) is 6. The highest BCUT2D eigenvalue weighted by Crippen LogP contribution is 2.43. The van der Waals surface area contributed by atoms with Crippen LogP contribution in [0.3, 0.4) is 0 Å². The van der Waals surface area contributed by atoms with Crippen molar-refractivity contribution in [2.75, 3.05) is 5.32 Å². The number of aromatic nitrogens is 6. The second-order valence-electron chi connectivity index (χ2n) is 8.69. The van der Waals surface area contributed by atoms with Crippen molar-refractivity contribution in [1.82, 2.24) is 29.6 Å². The summed E-state index contributed by atoms with van der Waals surface area (Å²) in [6.07, 6.45) is 0.281. The van der Waals surface area contributed by atoms with Gasteiger partial charge in [0, 0.05) is 34.1 Å². The van der Waals surface area contributed by atoms with Crippen molar-refractivity contribution in [3.8, 4) is 11.6 Å². The molecule has 1 N–H and O–H groups in total. The van der Waals surface area contributed by atoms with E-state index in [4.69, 9.17) is 21.4 Å². The van der Waals surface area contributed by atoms with E-state index in [1.54, 1.807) is 9.20 Å². The molecule has 0 aliphatic carbocycles. The molecule has 6 rings (SSSR count). The molecule has 0 fully saturated rings. The lowest BCUT2D eigenvalue weighted by atomic mass is 9.85. The van der Waals surface area contributed by atoms with E-state index in [0.717, 1.165) is 22.4 Å². The number of anilines is 1. The number of halogens is 1. The largest absolute Gasteiger partial charge is 0.489 e. The molecule has 10 heteroatoms. The van der Waals surface area contributed by atoms with Crippen LogP contribution in [-0.2, 0) is 11.4 Å². The van der Waals surface area contributed by atoms with Crippen LogP contribution in [-0.4, -0.2) is 35.5 Å². The fourth-order valence-electron chi connectivity index (χ4n) is 4.65. The molecule has 1 aliphatic rings. The van der Waals surface area contributed by atoms with Crippen molar-refractivity contribution < 1.29 is 9.53 Å². The van der Waals surface area contributed by atoms with Crippen LogP contribution >= 0.6 is 11.6 Å². The number of benzene rings is 2. The zero-order valence-electron chi connectivity index (χ0n) is 19.6. The maximum Gasteiger partial charge on any atom is 0.226 e. The number of nitrogens with one attached hydrogen (secondary N) is 1. The number of hydrogen-bond donors (Lipinski definition) is 1. The van der Waals surface area contributed by atoms with E-state index < -0.39 is 0 Å². The molecule has 0 radical (unpaired) electrons. The molecule has 1 atom stereocenters. The average Bonchev–Trinajstić information content (AvgIpc) is 3.42. The van der Waals surface area contributed by atoms with Gasteiger partial charge in [0.05, 0.1) is 5.69 Å². The van der Waals surface area contributed by atoms with Gasteiger partial charge in [0.1, 0.15) is 18.2 Å². The van der Waals surface area contributed by atoms with Crippen LogP contribution in [0, 0.1) is 13.8 Å². The summed E-state index contributed by atoms with van der Waals surface area (Å²) in [5.74, 6) is 2.19. The summed E-state index contributed by atoms with van der Waals surface area (Å²) in [7, 11) is 0. The lowest BCUT2D eigenvalue weighted by molar-refractivity contribution is -0.116. The summed E-state index contributed by atoms with van der Waals surface area (Å²) in [4.78, 5) is 12.9. The zero-order valence-corrected chi connectivity index (χ0v) is 20.4. The number of fused-ring (bicyclic) bond motifs is 2. The van der Waals surface area contributed by atoms with Crippen molar-refractivity contribution >= 4 is 29.0 Å². The molecule has 0 bridgehead atoms. The Morgan fingerprint density at radius 1 is 1.03 bits per heavy atom. The van der Waals surface area contributed by atoms with Gasteiger partial charge in [0.15, 0.2) is 17.3 Å². The molecule has 0 unspecified atom stereocenters. The van der Waals surface area contributed by atoms with Crippen LogP contribution in [0.4, 0.5) is 5.82 Å². The Hall–Kier alpha value is -4.24. The second-order valence-corrected chi connectivity index (χ2v) is 9.10. The number of aryl methyl sites for hydroxylation is 2. The Morgan fingerprint density at radius 3 is 2.69 bits per heavy atom. The summed E-state index contributed by atoms with van der Waals surface area (Å²) >= 11 is 6.33. The van der Waals surface area contributed by atoms with Crippen LogP contribution < -0.4 is 10.1 Å². The molecule has 36 heavy (non-hydrogen) atoms. The molecular formula is C26H22ClN7O2. The summed E-state index contributed by atoms with van der Waals surface area (Å²) in [5.41, 5.74) is 4.19. The van der Waals surface area contributed by atoms with Gasteiger partial charge < -0.3 is 10.1 Å². The molecule has 3 aromatic heterocycles. The van der Waals surface area contributed by atoms with Gasteiger partial charge in [-0.15, -0.1) is 15.3 Å². The van der Waals surface area contributed by atoms with Gasteiger partial charge in [-0.3, -0.25) is 4.79 Å². The van der Waals surface area contributed by atoms with Crippen molar-refractivity contribution in [2.45, 2.75) is 32.8 Å². The molecule has 0 saturated carbocycles. The average molecular weight is 500 g/mol. The predicted octanol–water partition coefficient (Wildman–Crippen LogP) is 4.63. The monoisotopic (exact) mass is 499 g/mol. The van der Waals surface area contributed by atoms with E-state index in [2.05, 4.69) is 20.6 Å². The second kappa shape index (κ2) is 8.76. The van der Waals surface area contributed by atoms with Crippen LogP contribution in [0.2, 0.25) is 5.02 Å². The van der Waals surface area contributed by atoms with Crippen molar-refractivity contribution in [2.24, 2.45) is 0 Å². The molecule has 0 spiro atoms. The Kier molecular flexibility index (Phi) is 5.41. The molecule has 1 aliphatic heterocycles. The third-order valence-corrected chi connectivity index (χ3v) is 6.73. The highest BCUT2D eigenvalue weighted by molar-refractivity contribution is 6.31. The van der Waals surface area contributed by atoms with Crippen LogP contribution in [0.15, 0.2) is 60.7 Å². The van der Waals surface area contributed by atoms with Gasteiger partial charge in [-0.05, 0) is 38.1 Å². The highest BCUT2D eigenvalue weighted by Gasteiger charge is 2.34. The number of ether oxygens (including phenoxy) is 1. The smallest absolute Gasteiger partial charge is 0.226 e. The molecule has 4 heterocycles. The standard InChI is InChI=1S/C26H22ClN7O2/c1-15-25-19(18-8-4-6-10-21(18)36-14-17-7-3-5-9-20(17)27)13-24(35)28-26(25)34(31-15)23-12-11-22-30-29-16(2)33(22)32-23/h3-12,19H,13-14H2,1-2H3,(H,28,35)/t19-/m1/s1. The van der Waals surface area contributed by atoms with Gasteiger partial charge in [0.25, 0.3) is 0 Å². The van der Waals surface area contributed by atoms with E-state index in [9.17, 15) is 4.79 Å². The minimum Gasteiger partial charge on any atom is -0.489 e. The van der Waals surface area contributed by atoms with E-state index in [-0.39, 0.29) is 18.2 Å². The fourth-order valence-corrected chi connectivity index (χ4v) is 4.84. The molecular weight excluding hydrogens is 478 g/mol. The lowest BCUT2D eigenvalue weighted by Crippen LogP contribution is -2.25. The van der Waals surface area contributed by atoms with Gasteiger partial charge in [-0.2, -0.15) is 14.3 Å². The quantitative estimate of drug-likeness (QED) is 0.378.